The number of benzene rings is 3. The van der Waals surface area contributed by atoms with E-state index >= 15 is 0 Å². The summed E-state index contributed by atoms with van der Waals surface area (Å²) in [6, 6.07) is 16.2. The maximum absolute atomic E-state index is 14.1. The van der Waals surface area contributed by atoms with E-state index in [1.165, 1.54) is 42.7 Å². The third kappa shape index (κ3) is 3.57. The fraction of sp³-hybridized carbons (Fsp3) is 0.0476. The van der Waals surface area contributed by atoms with Crippen molar-refractivity contribution in [2.45, 2.75) is 0 Å². The molecule has 0 saturated heterocycles. The standard InChI is InChI=1S/C21H14F2N2O2S/c1-27-20(26)16-8-4-13(10-17(16)23)12-2-6-15(7-3-12)24-21-25-18-9-5-14(22)11-19(18)28-21/h2-11H,1H3,(H,24,25). The number of carbonyl (C=O) groups excluding carboxylic acids is 1. The molecule has 4 rings (SSSR count). The average Bonchev–Trinajstić information content (AvgIpc) is 3.09. The van der Waals surface area contributed by atoms with Crippen molar-refractivity contribution in [1.29, 1.82) is 0 Å². The lowest BCUT2D eigenvalue weighted by Gasteiger charge is -2.07. The molecule has 0 spiro atoms. The SMILES string of the molecule is COC(=O)c1ccc(-c2ccc(Nc3nc4ccc(F)cc4s3)cc2)cc1F. The van der Waals surface area contributed by atoms with Gasteiger partial charge in [-0.25, -0.2) is 18.6 Å². The van der Waals surface area contributed by atoms with E-state index in [1.54, 1.807) is 12.1 Å². The van der Waals surface area contributed by atoms with Gasteiger partial charge in [0, 0.05) is 5.69 Å². The zero-order valence-electron chi connectivity index (χ0n) is 14.7. The molecule has 28 heavy (non-hydrogen) atoms. The number of esters is 1. The van der Waals surface area contributed by atoms with Gasteiger partial charge in [-0.1, -0.05) is 29.5 Å². The Morgan fingerprint density at radius 3 is 2.46 bits per heavy atom. The summed E-state index contributed by atoms with van der Waals surface area (Å²) < 4.78 is 32.7. The number of hydrogen-bond acceptors (Lipinski definition) is 5. The first-order valence-corrected chi connectivity index (χ1v) is 9.16. The Morgan fingerprint density at radius 1 is 1.00 bits per heavy atom. The molecule has 7 heteroatoms. The normalized spacial score (nSPS) is 10.8. The molecular weight excluding hydrogens is 382 g/mol. The lowest BCUT2D eigenvalue weighted by Crippen LogP contribution is -2.04. The van der Waals surface area contributed by atoms with E-state index in [0.717, 1.165) is 21.5 Å². The zero-order valence-corrected chi connectivity index (χ0v) is 15.5. The van der Waals surface area contributed by atoms with Crippen LogP contribution in [0, 0.1) is 11.6 Å². The van der Waals surface area contributed by atoms with Crippen LogP contribution in [0.25, 0.3) is 21.3 Å². The second-order valence-corrected chi connectivity index (χ2v) is 7.05. The maximum atomic E-state index is 14.1. The number of methoxy groups -OCH3 is 1. The van der Waals surface area contributed by atoms with Gasteiger partial charge >= 0.3 is 5.97 Å². The Labute approximate surface area is 163 Å². The molecule has 0 fully saturated rings. The summed E-state index contributed by atoms with van der Waals surface area (Å²) in [5, 5.41) is 3.84. The van der Waals surface area contributed by atoms with Crippen molar-refractivity contribution in [3.8, 4) is 11.1 Å². The summed E-state index contributed by atoms with van der Waals surface area (Å²) >= 11 is 1.36. The topological polar surface area (TPSA) is 51.2 Å². The van der Waals surface area contributed by atoms with E-state index in [4.69, 9.17) is 0 Å². The Bertz CT molecular complexity index is 1170. The molecule has 0 unspecified atom stereocenters. The molecular formula is C21H14F2N2O2S. The monoisotopic (exact) mass is 396 g/mol. The second kappa shape index (κ2) is 7.36. The number of carbonyl (C=O) groups is 1. The minimum absolute atomic E-state index is 0.100. The molecule has 140 valence electrons. The minimum Gasteiger partial charge on any atom is -0.465 e. The molecule has 0 atom stereocenters. The van der Waals surface area contributed by atoms with Crippen molar-refractivity contribution in [2.24, 2.45) is 0 Å². The largest absolute Gasteiger partial charge is 0.465 e. The molecule has 0 aliphatic heterocycles. The minimum atomic E-state index is -0.709. The van der Waals surface area contributed by atoms with Gasteiger partial charge in [-0.05, 0) is 53.6 Å². The van der Waals surface area contributed by atoms with E-state index < -0.39 is 11.8 Å². The van der Waals surface area contributed by atoms with E-state index in [9.17, 15) is 13.6 Å². The molecule has 0 aliphatic carbocycles. The number of thiazole rings is 1. The molecule has 1 N–H and O–H groups in total. The predicted octanol–water partition coefficient (Wildman–Crippen LogP) is 5.77. The van der Waals surface area contributed by atoms with Crippen molar-refractivity contribution in [3.05, 3.63) is 77.9 Å². The predicted molar refractivity (Wildman–Crippen MR) is 106 cm³/mol. The number of ether oxygens (including phenoxy) is 1. The van der Waals surface area contributed by atoms with Gasteiger partial charge in [-0.3, -0.25) is 0 Å². The maximum Gasteiger partial charge on any atom is 0.340 e. The van der Waals surface area contributed by atoms with Crippen molar-refractivity contribution >= 4 is 38.3 Å². The summed E-state index contributed by atoms with van der Waals surface area (Å²) in [6.45, 7) is 0. The van der Waals surface area contributed by atoms with Crippen LogP contribution in [0.5, 0.6) is 0 Å². The number of halogens is 2. The van der Waals surface area contributed by atoms with Crippen molar-refractivity contribution in [1.82, 2.24) is 4.98 Å². The number of nitrogens with one attached hydrogen (secondary N) is 1. The van der Waals surface area contributed by atoms with E-state index in [2.05, 4.69) is 15.0 Å². The van der Waals surface area contributed by atoms with Crippen LogP contribution >= 0.6 is 11.3 Å². The first-order valence-electron chi connectivity index (χ1n) is 8.35. The number of rotatable bonds is 4. The molecule has 1 aromatic heterocycles. The highest BCUT2D eigenvalue weighted by Gasteiger charge is 2.13. The van der Waals surface area contributed by atoms with Crippen molar-refractivity contribution < 1.29 is 18.3 Å². The summed E-state index contributed by atoms with van der Waals surface area (Å²) in [6.07, 6.45) is 0. The molecule has 0 saturated carbocycles. The van der Waals surface area contributed by atoms with Crippen LogP contribution in [0.1, 0.15) is 10.4 Å². The quantitative estimate of drug-likeness (QED) is 0.445. The lowest BCUT2D eigenvalue weighted by atomic mass is 10.0. The first kappa shape index (κ1) is 18.1. The van der Waals surface area contributed by atoms with Gasteiger partial charge in [0.15, 0.2) is 5.13 Å². The van der Waals surface area contributed by atoms with Gasteiger partial charge in [-0.2, -0.15) is 0 Å². The Hall–Kier alpha value is -3.32. The van der Waals surface area contributed by atoms with Crippen LogP contribution in [0.15, 0.2) is 60.7 Å². The number of hydrogen-bond donors (Lipinski definition) is 1. The van der Waals surface area contributed by atoms with Crippen LogP contribution in [0.3, 0.4) is 0 Å². The fourth-order valence-electron chi connectivity index (χ4n) is 2.79. The van der Waals surface area contributed by atoms with Crippen LogP contribution in [-0.4, -0.2) is 18.1 Å². The number of fused-ring (bicyclic) bond motifs is 1. The summed E-state index contributed by atoms with van der Waals surface area (Å²) in [5.41, 5.74) is 2.87. The Kier molecular flexibility index (Phi) is 4.75. The average molecular weight is 396 g/mol. The van der Waals surface area contributed by atoms with Crippen LogP contribution in [0.2, 0.25) is 0 Å². The van der Waals surface area contributed by atoms with Crippen LogP contribution in [0.4, 0.5) is 19.6 Å². The first-order chi connectivity index (χ1) is 13.5. The molecule has 1 heterocycles. The smallest absolute Gasteiger partial charge is 0.340 e. The van der Waals surface area contributed by atoms with E-state index in [1.807, 2.05) is 24.3 Å². The van der Waals surface area contributed by atoms with Gasteiger partial charge in [0.05, 0.1) is 22.9 Å². The molecule has 4 nitrogen and oxygen atoms in total. The second-order valence-electron chi connectivity index (χ2n) is 6.02. The van der Waals surface area contributed by atoms with E-state index in [0.29, 0.717) is 10.7 Å². The van der Waals surface area contributed by atoms with Crippen molar-refractivity contribution in [2.75, 3.05) is 12.4 Å². The summed E-state index contributed by atoms with van der Waals surface area (Å²) in [5.74, 6) is -1.63. The fourth-order valence-corrected chi connectivity index (χ4v) is 3.70. The third-order valence-corrected chi connectivity index (χ3v) is 5.13. The summed E-state index contributed by atoms with van der Waals surface area (Å²) in [7, 11) is 1.21. The van der Waals surface area contributed by atoms with Crippen LogP contribution in [-0.2, 0) is 4.74 Å². The van der Waals surface area contributed by atoms with Crippen LogP contribution < -0.4 is 5.32 Å². The van der Waals surface area contributed by atoms with Crippen molar-refractivity contribution in [3.63, 3.8) is 0 Å². The Morgan fingerprint density at radius 2 is 1.75 bits per heavy atom. The lowest BCUT2D eigenvalue weighted by molar-refractivity contribution is 0.0595. The highest BCUT2D eigenvalue weighted by Crippen LogP contribution is 2.30. The highest BCUT2D eigenvalue weighted by atomic mass is 32.1. The number of nitrogens with zero attached hydrogens (tertiary/aromatic N) is 1. The molecule has 4 aromatic rings. The van der Waals surface area contributed by atoms with Gasteiger partial charge < -0.3 is 10.1 Å². The third-order valence-electron chi connectivity index (χ3n) is 4.19. The molecule has 0 bridgehead atoms. The number of anilines is 2. The molecule has 0 amide bonds. The van der Waals surface area contributed by atoms with Gasteiger partial charge in [-0.15, -0.1) is 0 Å². The van der Waals surface area contributed by atoms with Gasteiger partial charge in [0.25, 0.3) is 0 Å². The molecule has 0 radical (unpaired) electrons. The Balaban J connectivity index is 1.55. The zero-order chi connectivity index (χ0) is 19.7. The number of aromatic nitrogens is 1. The van der Waals surface area contributed by atoms with E-state index in [-0.39, 0.29) is 11.4 Å². The highest BCUT2D eigenvalue weighted by molar-refractivity contribution is 7.22. The van der Waals surface area contributed by atoms with Gasteiger partial charge in [0.1, 0.15) is 11.6 Å². The molecule has 3 aromatic carbocycles. The van der Waals surface area contributed by atoms with Gasteiger partial charge in [0.2, 0.25) is 0 Å². The molecule has 0 aliphatic rings. The summed E-state index contributed by atoms with van der Waals surface area (Å²) in [4.78, 5) is 15.9.